The van der Waals surface area contributed by atoms with Crippen molar-refractivity contribution in [3.05, 3.63) is 30.3 Å². The lowest BCUT2D eigenvalue weighted by Gasteiger charge is -2.18. The zero-order valence-electron chi connectivity index (χ0n) is 9.50. The van der Waals surface area contributed by atoms with Crippen LogP contribution in [0.3, 0.4) is 0 Å². The van der Waals surface area contributed by atoms with Crippen LogP contribution in [0.2, 0.25) is 0 Å². The van der Waals surface area contributed by atoms with Crippen LogP contribution in [-0.4, -0.2) is 37.1 Å². The number of aliphatic hydroxyl groups is 1. The number of ether oxygens (including phenoxy) is 2. The summed E-state index contributed by atoms with van der Waals surface area (Å²) in [5.74, 6) is 0.812. The van der Waals surface area contributed by atoms with Gasteiger partial charge in [0.05, 0.1) is 19.3 Å². The molecule has 16 heavy (non-hydrogen) atoms. The molecule has 2 unspecified atom stereocenters. The van der Waals surface area contributed by atoms with Crippen molar-refractivity contribution < 1.29 is 14.6 Å². The van der Waals surface area contributed by atoms with Crippen molar-refractivity contribution in [3.8, 4) is 5.75 Å². The Morgan fingerprint density at radius 1 is 1.25 bits per heavy atom. The van der Waals surface area contributed by atoms with Crippen LogP contribution in [0.5, 0.6) is 5.75 Å². The Balaban J connectivity index is 2.16. The van der Waals surface area contributed by atoms with Crippen molar-refractivity contribution in [3.63, 3.8) is 0 Å². The predicted octanol–water partition coefficient (Wildman–Crippen LogP) is 0.790. The van der Waals surface area contributed by atoms with Gasteiger partial charge in [-0.1, -0.05) is 18.2 Å². The summed E-state index contributed by atoms with van der Waals surface area (Å²) in [6, 6.07) is 9.34. The Hall–Kier alpha value is -1.10. The number of nitrogens with two attached hydrogens (primary N) is 1. The van der Waals surface area contributed by atoms with Crippen LogP contribution in [0.15, 0.2) is 30.3 Å². The molecule has 0 aliphatic rings. The zero-order valence-corrected chi connectivity index (χ0v) is 9.50. The van der Waals surface area contributed by atoms with Crippen molar-refractivity contribution in [2.24, 2.45) is 5.73 Å². The van der Waals surface area contributed by atoms with Crippen molar-refractivity contribution in [1.29, 1.82) is 0 Å². The minimum Gasteiger partial charge on any atom is -0.491 e. The van der Waals surface area contributed by atoms with Crippen LogP contribution in [0, 0.1) is 0 Å². The monoisotopic (exact) mass is 225 g/mol. The average Bonchev–Trinajstić information content (AvgIpc) is 2.30. The molecule has 0 aliphatic carbocycles. The molecule has 1 aromatic carbocycles. The number of benzene rings is 1. The van der Waals surface area contributed by atoms with Crippen molar-refractivity contribution >= 4 is 0 Å². The first-order valence-electron chi connectivity index (χ1n) is 5.40. The average molecular weight is 225 g/mol. The molecule has 0 bridgehead atoms. The lowest BCUT2D eigenvalue weighted by atomic mass is 10.2. The minimum absolute atomic E-state index is 0.0665. The molecule has 2 atom stereocenters. The standard InChI is InChI=1S/C12H19NO3/c1-10(13)12(9-14)16-8-7-15-11-5-3-2-4-6-11/h2-6,10,12,14H,7-9,13H2,1H3. The fourth-order valence-electron chi connectivity index (χ4n) is 1.25. The summed E-state index contributed by atoms with van der Waals surface area (Å²) in [6.07, 6.45) is -0.320. The van der Waals surface area contributed by atoms with E-state index in [2.05, 4.69) is 0 Å². The smallest absolute Gasteiger partial charge is 0.119 e. The second kappa shape index (κ2) is 7.22. The van der Waals surface area contributed by atoms with E-state index in [4.69, 9.17) is 20.3 Å². The highest BCUT2D eigenvalue weighted by atomic mass is 16.5. The molecule has 0 radical (unpaired) electrons. The second-order valence-corrected chi connectivity index (χ2v) is 3.61. The van der Waals surface area contributed by atoms with Gasteiger partial charge in [0.15, 0.2) is 0 Å². The van der Waals surface area contributed by atoms with Gasteiger partial charge >= 0.3 is 0 Å². The summed E-state index contributed by atoms with van der Waals surface area (Å²) in [5, 5.41) is 8.97. The maximum atomic E-state index is 8.97. The van der Waals surface area contributed by atoms with Crippen LogP contribution < -0.4 is 10.5 Å². The SMILES string of the molecule is CC(N)C(CO)OCCOc1ccccc1. The third-order valence-electron chi connectivity index (χ3n) is 2.19. The summed E-state index contributed by atoms with van der Waals surface area (Å²) in [5.41, 5.74) is 5.61. The van der Waals surface area contributed by atoms with Gasteiger partial charge < -0.3 is 20.3 Å². The van der Waals surface area contributed by atoms with E-state index >= 15 is 0 Å². The van der Waals surface area contributed by atoms with Crippen LogP contribution >= 0.6 is 0 Å². The normalized spacial score (nSPS) is 14.4. The molecular weight excluding hydrogens is 206 g/mol. The number of hydrogen-bond acceptors (Lipinski definition) is 4. The van der Waals surface area contributed by atoms with Crippen molar-refractivity contribution in [2.75, 3.05) is 19.8 Å². The third kappa shape index (κ3) is 4.61. The summed E-state index contributed by atoms with van der Waals surface area (Å²) in [4.78, 5) is 0. The Labute approximate surface area is 96.0 Å². The molecule has 0 saturated heterocycles. The van der Waals surface area contributed by atoms with Gasteiger partial charge in [-0.2, -0.15) is 0 Å². The number of aliphatic hydroxyl groups excluding tert-OH is 1. The van der Waals surface area contributed by atoms with E-state index in [0.29, 0.717) is 13.2 Å². The molecule has 1 rings (SSSR count). The third-order valence-corrected chi connectivity index (χ3v) is 2.19. The highest BCUT2D eigenvalue weighted by Gasteiger charge is 2.12. The van der Waals surface area contributed by atoms with Gasteiger partial charge in [-0.05, 0) is 19.1 Å². The molecule has 3 N–H and O–H groups in total. The zero-order chi connectivity index (χ0) is 11.8. The molecule has 4 nitrogen and oxygen atoms in total. The summed E-state index contributed by atoms with van der Waals surface area (Å²) in [7, 11) is 0. The van der Waals surface area contributed by atoms with E-state index in [1.807, 2.05) is 30.3 Å². The first-order valence-corrected chi connectivity index (χ1v) is 5.40. The largest absolute Gasteiger partial charge is 0.491 e. The van der Waals surface area contributed by atoms with E-state index in [1.165, 1.54) is 0 Å². The first-order chi connectivity index (χ1) is 7.74. The molecule has 0 aliphatic heterocycles. The van der Waals surface area contributed by atoms with Gasteiger partial charge in [-0.15, -0.1) is 0 Å². The van der Waals surface area contributed by atoms with E-state index in [0.717, 1.165) is 5.75 Å². The molecule has 90 valence electrons. The maximum absolute atomic E-state index is 8.97. The summed E-state index contributed by atoms with van der Waals surface area (Å²) >= 11 is 0. The van der Waals surface area contributed by atoms with Crippen LogP contribution in [0.1, 0.15) is 6.92 Å². The molecule has 0 fully saturated rings. The van der Waals surface area contributed by atoms with Crippen LogP contribution in [0.4, 0.5) is 0 Å². The molecule has 0 heterocycles. The molecule has 0 aromatic heterocycles. The van der Waals surface area contributed by atoms with Crippen molar-refractivity contribution in [2.45, 2.75) is 19.1 Å². The Morgan fingerprint density at radius 2 is 1.94 bits per heavy atom. The molecule has 1 aromatic rings. The van der Waals surface area contributed by atoms with Crippen molar-refractivity contribution in [1.82, 2.24) is 0 Å². The number of para-hydroxylation sites is 1. The minimum atomic E-state index is -0.320. The lowest BCUT2D eigenvalue weighted by molar-refractivity contribution is -0.0104. The van der Waals surface area contributed by atoms with Gasteiger partial charge in [0, 0.05) is 6.04 Å². The highest BCUT2D eigenvalue weighted by molar-refractivity contribution is 5.20. The molecule has 4 heteroatoms. The van der Waals surface area contributed by atoms with E-state index < -0.39 is 0 Å². The van der Waals surface area contributed by atoms with Gasteiger partial charge in [0.2, 0.25) is 0 Å². The van der Waals surface area contributed by atoms with Gasteiger partial charge in [0.25, 0.3) is 0 Å². The van der Waals surface area contributed by atoms with E-state index in [1.54, 1.807) is 6.92 Å². The number of hydrogen-bond donors (Lipinski definition) is 2. The Morgan fingerprint density at radius 3 is 2.50 bits per heavy atom. The van der Waals surface area contributed by atoms with Gasteiger partial charge in [-0.3, -0.25) is 0 Å². The van der Waals surface area contributed by atoms with E-state index in [9.17, 15) is 0 Å². The predicted molar refractivity (Wildman–Crippen MR) is 62.4 cm³/mol. The number of rotatable bonds is 7. The lowest BCUT2D eigenvalue weighted by Crippen LogP contribution is -2.37. The Bertz CT molecular complexity index is 277. The molecule has 0 spiro atoms. The quantitative estimate of drug-likeness (QED) is 0.673. The molecule has 0 amide bonds. The Kier molecular flexibility index (Phi) is 5.85. The van der Waals surface area contributed by atoms with E-state index in [-0.39, 0.29) is 18.8 Å². The maximum Gasteiger partial charge on any atom is 0.119 e. The highest BCUT2D eigenvalue weighted by Crippen LogP contribution is 2.07. The van der Waals surface area contributed by atoms with Crippen LogP contribution in [0.25, 0.3) is 0 Å². The molecular formula is C12H19NO3. The van der Waals surface area contributed by atoms with Gasteiger partial charge in [-0.25, -0.2) is 0 Å². The molecule has 0 saturated carbocycles. The first kappa shape index (κ1) is 13.0. The fourth-order valence-corrected chi connectivity index (χ4v) is 1.25. The summed E-state index contributed by atoms with van der Waals surface area (Å²) in [6.45, 7) is 2.61. The fraction of sp³-hybridized carbons (Fsp3) is 0.500. The van der Waals surface area contributed by atoms with Crippen LogP contribution in [-0.2, 0) is 4.74 Å². The topological polar surface area (TPSA) is 64.7 Å². The summed E-state index contributed by atoms with van der Waals surface area (Å²) < 4.78 is 10.8. The van der Waals surface area contributed by atoms with Gasteiger partial charge in [0.1, 0.15) is 12.4 Å². The second-order valence-electron chi connectivity index (χ2n) is 3.61.